The maximum atomic E-state index is 12.4. The summed E-state index contributed by atoms with van der Waals surface area (Å²) in [7, 11) is 0. The summed E-state index contributed by atoms with van der Waals surface area (Å²) in [6.45, 7) is 4.13. The summed E-state index contributed by atoms with van der Waals surface area (Å²) in [5.74, 6) is 1.26. The summed E-state index contributed by atoms with van der Waals surface area (Å²) in [5.41, 5.74) is 2.04. The second-order valence-electron chi connectivity index (χ2n) is 6.76. The molecule has 5 nitrogen and oxygen atoms in total. The lowest BCUT2D eigenvalue weighted by Gasteiger charge is -2.36. The van der Waals surface area contributed by atoms with Crippen molar-refractivity contribution >= 4 is 10.9 Å². The fraction of sp³-hybridized carbons (Fsp3) is 0.350. The van der Waals surface area contributed by atoms with E-state index in [1.165, 1.54) is 12.0 Å². The van der Waals surface area contributed by atoms with Crippen molar-refractivity contribution in [3.63, 3.8) is 0 Å². The summed E-state index contributed by atoms with van der Waals surface area (Å²) in [4.78, 5) is 26.6. The van der Waals surface area contributed by atoms with E-state index in [1.807, 2.05) is 36.7 Å². The molecule has 2 atom stereocenters. The first-order valence-corrected chi connectivity index (χ1v) is 8.85. The molecule has 4 rings (SSSR count). The molecule has 1 aliphatic heterocycles. The van der Waals surface area contributed by atoms with Crippen LogP contribution in [0.25, 0.3) is 10.9 Å². The molecule has 0 saturated carbocycles. The molecule has 2 aromatic heterocycles. The van der Waals surface area contributed by atoms with E-state index in [-0.39, 0.29) is 11.6 Å². The van der Waals surface area contributed by atoms with Crippen molar-refractivity contribution in [3.05, 3.63) is 70.5 Å². The van der Waals surface area contributed by atoms with Crippen molar-refractivity contribution in [2.75, 3.05) is 13.1 Å². The second-order valence-corrected chi connectivity index (χ2v) is 6.76. The van der Waals surface area contributed by atoms with Gasteiger partial charge in [-0.05, 0) is 62.1 Å². The van der Waals surface area contributed by atoms with Crippen molar-refractivity contribution in [1.82, 2.24) is 19.9 Å². The molecule has 1 saturated heterocycles. The van der Waals surface area contributed by atoms with Crippen LogP contribution in [0.2, 0.25) is 0 Å². The number of hydrogen-bond acceptors (Lipinski definition) is 4. The summed E-state index contributed by atoms with van der Waals surface area (Å²) in [6.07, 6.45) is 6.06. The van der Waals surface area contributed by atoms with Gasteiger partial charge in [-0.3, -0.25) is 14.7 Å². The number of aromatic nitrogens is 3. The van der Waals surface area contributed by atoms with Crippen LogP contribution in [0.3, 0.4) is 0 Å². The van der Waals surface area contributed by atoms with Gasteiger partial charge in [0.15, 0.2) is 0 Å². The van der Waals surface area contributed by atoms with E-state index in [0.717, 1.165) is 30.9 Å². The maximum absolute atomic E-state index is 12.4. The molecule has 0 radical (unpaired) electrons. The van der Waals surface area contributed by atoms with Crippen molar-refractivity contribution in [2.24, 2.45) is 0 Å². The molecule has 0 bridgehead atoms. The number of likely N-dealkylation sites (tertiary alicyclic amines) is 1. The summed E-state index contributed by atoms with van der Waals surface area (Å²) in [6, 6.07) is 11.8. The Morgan fingerprint density at radius 1 is 1.20 bits per heavy atom. The first kappa shape index (κ1) is 16.0. The van der Waals surface area contributed by atoms with E-state index in [1.54, 1.807) is 0 Å². The SMILES string of the molecule is CC(c1nc2ccccc2c(=O)[nH]1)N1CCCC(c2ccncc2)C1. The molecule has 0 spiro atoms. The predicted molar refractivity (Wildman–Crippen MR) is 98.6 cm³/mol. The number of benzene rings is 1. The van der Waals surface area contributed by atoms with Crippen LogP contribution < -0.4 is 5.56 Å². The molecule has 25 heavy (non-hydrogen) atoms. The Bertz CT molecular complexity index is 922. The van der Waals surface area contributed by atoms with Crippen LogP contribution in [0.15, 0.2) is 53.6 Å². The Morgan fingerprint density at radius 3 is 2.84 bits per heavy atom. The molecule has 1 N–H and O–H groups in total. The first-order chi connectivity index (χ1) is 12.2. The molecular formula is C20H22N4O. The normalized spacial score (nSPS) is 19.8. The molecular weight excluding hydrogens is 312 g/mol. The number of fused-ring (bicyclic) bond motifs is 1. The zero-order valence-electron chi connectivity index (χ0n) is 14.4. The Balaban J connectivity index is 1.60. The summed E-state index contributed by atoms with van der Waals surface area (Å²) < 4.78 is 0. The van der Waals surface area contributed by atoms with Gasteiger partial charge in [-0.25, -0.2) is 4.98 Å². The molecule has 128 valence electrons. The quantitative estimate of drug-likeness (QED) is 0.798. The fourth-order valence-electron chi connectivity index (χ4n) is 3.74. The van der Waals surface area contributed by atoms with Crippen molar-refractivity contribution in [3.8, 4) is 0 Å². The smallest absolute Gasteiger partial charge is 0.258 e. The van der Waals surface area contributed by atoms with Crippen LogP contribution in [0.5, 0.6) is 0 Å². The highest BCUT2D eigenvalue weighted by atomic mass is 16.1. The van der Waals surface area contributed by atoms with Crippen molar-refractivity contribution in [1.29, 1.82) is 0 Å². The number of rotatable bonds is 3. The van der Waals surface area contributed by atoms with Crippen LogP contribution in [0, 0.1) is 0 Å². The van der Waals surface area contributed by atoms with Gasteiger partial charge in [-0.15, -0.1) is 0 Å². The van der Waals surface area contributed by atoms with Crippen molar-refractivity contribution in [2.45, 2.75) is 31.7 Å². The van der Waals surface area contributed by atoms with Gasteiger partial charge in [0, 0.05) is 18.9 Å². The highest BCUT2D eigenvalue weighted by Crippen LogP contribution is 2.30. The largest absolute Gasteiger partial charge is 0.309 e. The van der Waals surface area contributed by atoms with E-state index < -0.39 is 0 Å². The Hall–Kier alpha value is -2.53. The molecule has 0 amide bonds. The third kappa shape index (κ3) is 3.20. The minimum absolute atomic E-state index is 0.0601. The third-order valence-electron chi connectivity index (χ3n) is 5.20. The molecule has 3 aromatic rings. The lowest BCUT2D eigenvalue weighted by atomic mass is 9.90. The Kier molecular flexibility index (Phi) is 4.32. The predicted octanol–water partition coefficient (Wildman–Crippen LogP) is 3.26. The summed E-state index contributed by atoms with van der Waals surface area (Å²) >= 11 is 0. The van der Waals surface area contributed by atoms with Crippen LogP contribution in [-0.4, -0.2) is 32.9 Å². The Labute approximate surface area is 146 Å². The second kappa shape index (κ2) is 6.76. The van der Waals surface area contributed by atoms with Gasteiger partial charge >= 0.3 is 0 Å². The topological polar surface area (TPSA) is 61.9 Å². The zero-order valence-corrected chi connectivity index (χ0v) is 14.4. The van der Waals surface area contributed by atoms with Gasteiger partial charge in [-0.2, -0.15) is 0 Å². The van der Waals surface area contributed by atoms with Crippen LogP contribution in [0.4, 0.5) is 0 Å². The number of hydrogen-bond donors (Lipinski definition) is 1. The standard InChI is InChI=1S/C20H22N4O/c1-14(19-22-18-7-3-2-6-17(18)20(25)23-19)24-12-4-5-16(13-24)15-8-10-21-11-9-15/h2-3,6-11,14,16H,4-5,12-13H2,1H3,(H,22,23,25). The van der Waals surface area contributed by atoms with E-state index in [0.29, 0.717) is 11.3 Å². The summed E-state index contributed by atoms with van der Waals surface area (Å²) in [5, 5.41) is 0.645. The van der Waals surface area contributed by atoms with Crippen LogP contribution >= 0.6 is 0 Å². The molecule has 5 heteroatoms. The number of nitrogens with one attached hydrogen (secondary N) is 1. The van der Waals surface area contributed by atoms with Gasteiger partial charge in [0.05, 0.1) is 16.9 Å². The van der Waals surface area contributed by atoms with Gasteiger partial charge < -0.3 is 4.98 Å². The molecule has 1 aliphatic rings. The average Bonchev–Trinajstić information content (AvgIpc) is 2.68. The molecule has 1 aromatic carbocycles. The van der Waals surface area contributed by atoms with Crippen molar-refractivity contribution < 1.29 is 0 Å². The van der Waals surface area contributed by atoms with E-state index in [2.05, 4.69) is 33.9 Å². The number of aromatic amines is 1. The molecule has 1 fully saturated rings. The molecule has 3 heterocycles. The van der Waals surface area contributed by atoms with Crippen LogP contribution in [0.1, 0.15) is 43.1 Å². The number of H-pyrrole nitrogens is 1. The van der Waals surface area contributed by atoms with Gasteiger partial charge in [0.2, 0.25) is 0 Å². The fourth-order valence-corrected chi connectivity index (χ4v) is 3.74. The van der Waals surface area contributed by atoms with E-state index >= 15 is 0 Å². The minimum atomic E-state index is -0.0601. The number of pyridine rings is 1. The highest BCUT2D eigenvalue weighted by Gasteiger charge is 2.26. The zero-order chi connectivity index (χ0) is 17.2. The number of para-hydroxylation sites is 1. The van der Waals surface area contributed by atoms with E-state index in [9.17, 15) is 4.79 Å². The lowest BCUT2D eigenvalue weighted by molar-refractivity contribution is 0.153. The third-order valence-corrected chi connectivity index (χ3v) is 5.20. The monoisotopic (exact) mass is 334 g/mol. The lowest BCUT2D eigenvalue weighted by Crippen LogP contribution is -2.37. The number of piperidine rings is 1. The van der Waals surface area contributed by atoms with Crippen LogP contribution in [-0.2, 0) is 0 Å². The minimum Gasteiger partial charge on any atom is -0.309 e. The van der Waals surface area contributed by atoms with Gasteiger partial charge in [0.25, 0.3) is 5.56 Å². The Morgan fingerprint density at radius 2 is 2.00 bits per heavy atom. The van der Waals surface area contributed by atoms with Gasteiger partial charge in [-0.1, -0.05) is 12.1 Å². The van der Waals surface area contributed by atoms with Gasteiger partial charge in [0.1, 0.15) is 5.82 Å². The van der Waals surface area contributed by atoms with E-state index in [4.69, 9.17) is 4.98 Å². The molecule has 2 unspecified atom stereocenters. The average molecular weight is 334 g/mol. The first-order valence-electron chi connectivity index (χ1n) is 8.85. The highest BCUT2D eigenvalue weighted by molar-refractivity contribution is 5.77. The maximum Gasteiger partial charge on any atom is 0.258 e. The number of nitrogens with zero attached hydrogens (tertiary/aromatic N) is 3. The molecule has 0 aliphatic carbocycles.